The van der Waals surface area contributed by atoms with Gasteiger partial charge in [0, 0.05) is 35.8 Å². The zero-order valence-corrected chi connectivity index (χ0v) is 14.2. The van der Waals surface area contributed by atoms with Gasteiger partial charge in [0.15, 0.2) is 0 Å². The van der Waals surface area contributed by atoms with E-state index in [0.29, 0.717) is 12.3 Å². The van der Waals surface area contributed by atoms with Gasteiger partial charge in [-0.1, -0.05) is 20.8 Å². The number of benzene rings is 1. The van der Waals surface area contributed by atoms with Crippen molar-refractivity contribution >= 4 is 11.6 Å². The van der Waals surface area contributed by atoms with Crippen LogP contribution in [0.5, 0.6) is 5.75 Å². The molecule has 0 heterocycles. The van der Waals surface area contributed by atoms with Gasteiger partial charge in [-0.05, 0) is 38.3 Å². The van der Waals surface area contributed by atoms with Gasteiger partial charge < -0.3 is 15.7 Å². The van der Waals surface area contributed by atoms with Gasteiger partial charge in [-0.25, -0.2) is 0 Å². The fourth-order valence-corrected chi connectivity index (χ4v) is 2.04. The van der Waals surface area contributed by atoms with Gasteiger partial charge in [0.1, 0.15) is 5.75 Å². The van der Waals surface area contributed by atoms with Gasteiger partial charge in [-0.15, -0.1) is 0 Å². The van der Waals surface area contributed by atoms with Gasteiger partial charge in [0.05, 0.1) is 0 Å². The van der Waals surface area contributed by atoms with Crippen LogP contribution in [-0.2, 0) is 16.8 Å². The first-order valence-corrected chi connectivity index (χ1v) is 7.29. The lowest BCUT2D eigenvalue weighted by molar-refractivity contribution is -0.114. The fourth-order valence-electron chi connectivity index (χ4n) is 2.04. The Morgan fingerprint density at radius 1 is 1.14 bits per heavy atom. The molecule has 3 N–H and O–H groups in total. The molecule has 0 saturated heterocycles. The lowest BCUT2D eigenvalue weighted by Crippen LogP contribution is -2.35. The summed E-state index contributed by atoms with van der Waals surface area (Å²) in [4.78, 5) is 11.3. The number of amides is 1. The number of carbonyl (C=O) groups is 1. The van der Waals surface area contributed by atoms with E-state index in [9.17, 15) is 9.90 Å². The van der Waals surface area contributed by atoms with Crippen LogP contribution in [0.15, 0.2) is 12.1 Å². The van der Waals surface area contributed by atoms with E-state index in [1.54, 1.807) is 0 Å². The number of anilines is 1. The number of rotatable bonds is 3. The van der Waals surface area contributed by atoms with Crippen molar-refractivity contribution in [1.82, 2.24) is 5.32 Å². The molecule has 0 aromatic heterocycles. The smallest absolute Gasteiger partial charge is 0.221 e. The van der Waals surface area contributed by atoms with Gasteiger partial charge in [0.25, 0.3) is 0 Å². The van der Waals surface area contributed by atoms with Crippen LogP contribution in [0.1, 0.15) is 59.6 Å². The molecule has 0 bridgehead atoms. The van der Waals surface area contributed by atoms with Crippen molar-refractivity contribution < 1.29 is 9.90 Å². The summed E-state index contributed by atoms with van der Waals surface area (Å²) in [6, 6.07) is 3.67. The minimum Gasteiger partial charge on any atom is -0.507 e. The molecule has 0 fully saturated rings. The van der Waals surface area contributed by atoms with Crippen LogP contribution in [0, 0.1) is 0 Å². The SMILES string of the molecule is CC(=O)Nc1cc(CNC(C)(C)C)c(O)c(C(C)(C)C)c1. The molecule has 1 aromatic carbocycles. The van der Waals surface area contributed by atoms with Crippen LogP contribution in [0.2, 0.25) is 0 Å². The second-order valence-electron chi connectivity index (χ2n) is 7.57. The molecular weight excluding hydrogens is 264 g/mol. The number of hydrogen-bond donors (Lipinski definition) is 3. The van der Waals surface area contributed by atoms with Crippen LogP contribution in [0.4, 0.5) is 5.69 Å². The quantitative estimate of drug-likeness (QED) is 0.747. The standard InChI is InChI=1S/C17H28N2O2/c1-11(20)19-13-8-12(10-18-17(5,6)7)15(21)14(9-13)16(2,3)4/h8-9,18,21H,10H2,1-7H3,(H,19,20). The summed E-state index contributed by atoms with van der Waals surface area (Å²) in [5.74, 6) is 0.184. The van der Waals surface area contributed by atoms with Crippen LogP contribution >= 0.6 is 0 Å². The molecule has 0 aliphatic rings. The van der Waals surface area contributed by atoms with Gasteiger partial charge >= 0.3 is 0 Å². The Labute approximate surface area is 128 Å². The fraction of sp³-hybridized carbons (Fsp3) is 0.588. The molecule has 4 nitrogen and oxygen atoms in total. The molecule has 0 radical (unpaired) electrons. The molecule has 1 amide bonds. The molecule has 1 rings (SSSR count). The van der Waals surface area contributed by atoms with Gasteiger partial charge in [-0.2, -0.15) is 0 Å². The van der Waals surface area contributed by atoms with Crippen LogP contribution < -0.4 is 10.6 Å². The van der Waals surface area contributed by atoms with E-state index in [1.165, 1.54) is 6.92 Å². The molecule has 0 aliphatic carbocycles. The normalized spacial score (nSPS) is 12.3. The summed E-state index contributed by atoms with van der Waals surface area (Å²) in [5.41, 5.74) is 2.10. The predicted molar refractivity (Wildman–Crippen MR) is 87.7 cm³/mol. The van der Waals surface area contributed by atoms with E-state index < -0.39 is 0 Å². The van der Waals surface area contributed by atoms with Crippen LogP contribution in [-0.4, -0.2) is 16.6 Å². The summed E-state index contributed by atoms with van der Waals surface area (Å²) in [6.07, 6.45) is 0. The highest BCUT2D eigenvalue weighted by molar-refractivity contribution is 5.89. The van der Waals surface area contributed by atoms with Crippen molar-refractivity contribution in [2.24, 2.45) is 0 Å². The second-order valence-corrected chi connectivity index (χ2v) is 7.57. The topological polar surface area (TPSA) is 61.4 Å². The predicted octanol–water partition coefficient (Wildman–Crippen LogP) is 3.54. The Hall–Kier alpha value is -1.55. The van der Waals surface area contributed by atoms with Crippen molar-refractivity contribution in [2.45, 2.75) is 66.0 Å². The lowest BCUT2D eigenvalue weighted by atomic mass is 9.84. The third kappa shape index (κ3) is 5.38. The number of phenolic OH excluding ortho intramolecular Hbond substituents is 1. The Balaban J connectivity index is 3.24. The molecule has 0 saturated carbocycles. The van der Waals surface area contributed by atoms with Crippen molar-refractivity contribution in [2.75, 3.05) is 5.32 Å². The number of hydrogen-bond acceptors (Lipinski definition) is 3. The minimum atomic E-state index is -0.199. The van der Waals surface area contributed by atoms with Crippen molar-refractivity contribution in [3.63, 3.8) is 0 Å². The van der Waals surface area contributed by atoms with E-state index in [1.807, 2.05) is 32.9 Å². The lowest BCUT2D eigenvalue weighted by Gasteiger charge is -2.25. The zero-order chi connectivity index (χ0) is 16.4. The number of carbonyl (C=O) groups excluding carboxylic acids is 1. The Morgan fingerprint density at radius 2 is 1.71 bits per heavy atom. The van der Waals surface area contributed by atoms with E-state index in [0.717, 1.165) is 16.8 Å². The monoisotopic (exact) mass is 292 g/mol. The highest BCUT2D eigenvalue weighted by Gasteiger charge is 2.22. The molecule has 0 atom stereocenters. The Morgan fingerprint density at radius 3 is 2.14 bits per heavy atom. The zero-order valence-electron chi connectivity index (χ0n) is 14.2. The first kappa shape index (κ1) is 17.5. The minimum absolute atomic E-state index is 0.0433. The van der Waals surface area contributed by atoms with Crippen LogP contribution in [0.25, 0.3) is 0 Å². The van der Waals surface area contributed by atoms with Gasteiger partial charge in [0.2, 0.25) is 5.91 Å². The average Bonchev–Trinajstić information content (AvgIpc) is 2.26. The highest BCUT2D eigenvalue weighted by Crippen LogP contribution is 2.36. The molecule has 0 aliphatic heterocycles. The van der Waals surface area contributed by atoms with Crippen molar-refractivity contribution in [1.29, 1.82) is 0 Å². The summed E-state index contributed by atoms with van der Waals surface area (Å²) in [6.45, 7) is 14.4. The molecule has 0 spiro atoms. The highest BCUT2D eigenvalue weighted by atomic mass is 16.3. The average molecular weight is 292 g/mol. The number of aromatic hydroxyl groups is 1. The van der Waals surface area contributed by atoms with Gasteiger partial charge in [-0.3, -0.25) is 4.79 Å². The summed E-state index contributed by atoms with van der Waals surface area (Å²) in [5, 5.41) is 16.7. The van der Waals surface area contributed by atoms with Crippen molar-refractivity contribution in [3.8, 4) is 5.75 Å². The maximum atomic E-state index is 11.3. The number of nitrogens with one attached hydrogen (secondary N) is 2. The van der Waals surface area contributed by atoms with Crippen LogP contribution in [0.3, 0.4) is 0 Å². The van der Waals surface area contributed by atoms with Crippen molar-refractivity contribution in [3.05, 3.63) is 23.3 Å². The van der Waals surface area contributed by atoms with E-state index in [4.69, 9.17) is 0 Å². The first-order chi connectivity index (χ1) is 9.40. The third-order valence-corrected chi connectivity index (χ3v) is 3.13. The first-order valence-electron chi connectivity index (χ1n) is 7.29. The second kappa shape index (κ2) is 6.06. The van der Waals surface area contributed by atoms with E-state index in [2.05, 4.69) is 31.4 Å². The Kier molecular flexibility index (Phi) is 5.05. The molecule has 1 aromatic rings. The van der Waals surface area contributed by atoms with E-state index in [-0.39, 0.29) is 16.9 Å². The molecule has 4 heteroatoms. The molecule has 118 valence electrons. The maximum Gasteiger partial charge on any atom is 0.221 e. The Bertz CT molecular complexity index is 523. The largest absolute Gasteiger partial charge is 0.507 e. The maximum absolute atomic E-state index is 11.3. The molecule has 21 heavy (non-hydrogen) atoms. The summed E-state index contributed by atoms with van der Waals surface area (Å²) >= 11 is 0. The summed E-state index contributed by atoms with van der Waals surface area (Å²) in [7, 11) is 0. The summed E-state index contributed by atoms with van der Waals surface area (Å²) < 4.78 is 0. The third-order valence-electron chi connectivity index (χ3n) is 3.13. The molecular formula is C17H28N2O2. The number of phenols is 1. The van der Waals surface area contributed by atoms with E-state index >= 15 is 0 Å². The molecule has 0 unspecified atom stereocenters.